The van der Waals surface area contributed by atoms with Gasteiger partial charge in [-0.1, -0.05) is 0 Å². The van der Waals surface area contributed by atoms with Crippen molar-refractivity contribution in [3.8, 4) is 0 Å². The fourth-order valence-corrected chi connectivity index (χ4v) is 3.10. The maximum Gasteiger partial charge on any atom is 0.253 e. The minimum atomic E-state index is -3.55. The molecule has 1 aromatic carbocycles. The van der Waals surface area contributed by atoms with Crippen molar-refractivity contribution in [3.05, 3.63) is 29.6 Å². The predicted octanol–water partition coefficient (Wildman–Crippen LogP) is 1.07. The molecule has 1 aromatic rings. The van der Waals surface area contributed by atoms with E-state index in [1.807, 2.05) is 6.92 Å². The Morgan fingerprint density at radius 1 is 1.41 bits per heavy atom. The number of rotatable bonds is 4. The van der Waals surface area contributed by atoms with Gasteiger partial charge in [-0.25, -0.2) is 12.8 Å². The number of piperidine rings is 1. The first-order valence-corrected chi connectivity index (χ1v) is 8.95. The van der Waals surface area contributed by atoms with Gasteiger partial charge in [0.1, 0.15) is 5.82 Å². The number of hydrogen-bond acceptors (Lipinski definition) is 4. The lowest BCUT2D eigenvalue weighted by Crippen LogP contribution is -2.46. The standard InChI is InChI=1S/C14H20FN3O3S/c1-9-7-11(5-6-16-9)17-14(19)12-8-10(15)3-4-13(12)18-22(2,20)21/h3-4,8-9,11,16,18H,5-7H2,1-2H3,(H,17,19). The molecule has 2 rings (SSSR count). The van der Waals surface area contributed by atoms with Crippen LogP contribution in [0, 0.1) is 5.82 Å². The Bertz CT molecular complexity index is 663. The second-order valence-electron chi connectivity index (χ2n) is 5.61. The van der Waals surface area contributed by atoms with Crippen molar-refractivity contribution in [2.45, 2.75) is 31.8 Å². The molecule has 1 aliphatic heterocycles. The Kier molecular flexibility index (Phi) is 5.02. The third-order valence-corrected chi connectivity index (χ3v) is 4.07. The molecule has 22 heavy (non-hydrogen) atoms. The van der Waals surface area contributed by atoms with Crippen LogP contribution in [0.5, 0.6) is 0 Å². The van der Waals surface area contributed by atoms with Gasteiger partial charge in [-0.05, 0) is 44.5 Å². The monoisotopic (exact) mass is 329 g/mol. The van der Waals surface area contributed by atoms with E-state index in [1.165, 1.54) is 6.07 Å². The molecular weight excluding hydrogens is 309 g/mol. The summed E-state index contributed by atoms with van der Waals surface area (Å²) in [6, 6.07) is 3.67. The highest BCUT2D eigenvalue weighted by Gasteiger charge is 2.22. The number of sulfonamides is 1. The summed E-state index contributed by atoms with van der Waals surface area (Å²) in [5, 5.41) is 6.11. The fourth-order valence-electron chi connectivity index (χ4n) is 2.52. The molecule has 1 saturated heterocycles. The highest BCUT2D eigenvalue weighted by Crippen LogP contribution is 2.19. The summed E-state index contributed by atoms with van der Waals surface area (Å²) in [4.78, 5) is 12.3. The zero-order valence-corrected chi connectivity index (χ0v) is 13.3. The molecule has 2 unspecified atom stereocenters. The topological polar surface area (TPSA) is 87.3 Å². The lowest BCUT2D eigenvalue weighted by Gasteiger charge is -2.28. The van der Waals surface area contributed by atoms with Crippen molar-refractivity contribution in [2.75, 3.05) is 17.5 Å². The summed E-state index contributed by atoms with van der Waals surface area (Å²) in [5.74, 6) is -1.08. The Balaban J connectivity index is 2.19. The van der Waals surface area contributed by atoms with Crippen LogP contribution < -0.4 is 15.4 Å². The van der Waals surface area contributed by atoms with Crippen molar-refractivity contribution >= 4 is 21.6 Å². The van der Waals surface area contributed by atoms with E-state index in [4.69, 9.17) is 0 Å². The van der Waals surface area contributed by atoms with Crippen molar-refractivity contribution in [2.24, 2.45) is 0 Å². The third kappa shape index (κ3) is 4.67. The Morgan fingerprint density at radius 3 is 2.77 bits per heavy atom. The highest BCUT2D eigenvalue weighted by atomic mass is 32.2. The molecule has 0 spiro atoms. The summed E-state index contributed by atoms with van der Waals surface area (Å²) >= 11 is 0. The maximum atomic E-state index is 13.4. The van der Waals surface area contributed by atoms with Gasteiger partial charge in [-0.15, -0.1) is 0 Å². The fraction of sp³-hybridized carbons (Fsp3) is 0.500. The number of carbonyl (C=O) groups is 1. The molecule has 0 aromatic heterocycles. The molecule has 0 saturated carbocycles. The molecule has 3 N–H and O–H groups in total. The van der Waals surface area contributed by atoms with Gasteiger partial charge in [0.05, 0.1) is 17.5 Å². The van der Waals surface area contributed by atoms with Gasteiger partial charge in [0.15, 0.2) is 0 Å². The largest absolute Gasteiger partial charge is 0.349 e. The first-order chi connectivity index (χ1) is 10.2. The van der Waals surface area contributed by atoms with Crippen LogP contribution in [0.4, 0.5) is 10.1 Å². The van der Waals surface area contributed by atoms with E-state index >= 15 is 0 Å². The Hall–Kier alpha value is -1.67. The van der Waals surface area contributed by atoms with Crippen LogP contribution in [0.3, 0.4) is 0 Å². The molecular formula is C14H20FN3O3S. The van der Waals surface area contributed by atoms with Crippen LogP contribution >= 0.6 is 0 Å². The van der Waals surface area contributed by atoms with Crippen molar-refractivity contribution in [1.82, 2.24) is 10.6 Å². The van der Waals surface area contributed by atoms with Gasteiger partial charge >= 0.3 is 0 Å². The molecule has 1 heterocycles. The molecule has 8 heteroatoms. The molecule has 2 atom stereocenters. The van der Waals surface area contributed by atoms with Gasteiger partial charge < -0.3 is 10.6 Å². The Morgan fingerprint density at radius 2 is 2.14 bits per heavy atom. The number of nitrogens with one attached hydrogen (secondary N) is 3. The third-order valence-electron chi connectivity index (χ3n) is 3.48. The maximum absolute atomic E-state index is 13.4. The van der Waals surface area contributed by atoms with Crippen LogP contribution in [-0.4, -0.2) is 39.2 Å². The summed E-state index contributed by atoms with van der Waals surface area (Å²) < 4.78 is 38.3. The molecule has 122 valence electrons. The molecule has 1 fully saturated rings. The zero-order valence-electron chi connectivity index (χ0n) is 12.5. The van der Waals surface area contributed by atoms with Gasteiger partial charge in [0.2, 0.25) is 10.0 Å². The summed E-state index contributed by atoms with van der Waals surface area (Å²) in [5.41, 5.74) is 0.0555. The first kappa shape index (κ1) is 16.7. The van der Waals surface area contributed by atoms with Gasteiger partial charge in [0, 0.05) is 12.1 Å². The summed E-state index contributed by atoms with van der Waals surface area (Å²) in [7, 11) is -3.55. The van der Waals surface area contributed by atoms with Gasteiger partial charge in [-0.3, -0.25) is 9.52 Å². The SMILES string of the molecule is CC1CC(NC(=O)c2cc(F)ccc2NS(C)(=O)=O)CCN1. The average Bonchev–Trinajstić information content (AvgIpc) is 2.39. The molecule has 1 aliphatic rings. The van der Waals surface area contributed by atoms with E-state index in [2.05, 4.69) is 15.4 Å². The molecule has 1 amide bonds. The number of amides is 1. The number of benzene rings is 1. The lowest BCUT2D eigenvalue weighted by molar-refractivity contribution is 0.0926. The average molecular weight is 329 g/mol. The number of anilines is 1. The van der Waals surface area contributed by atoms with Crippen molar-refractivity contribution < 1.29 is 17.6 Å². The van der Waals surface area contributed by atoms with Crippen LogP contribution in [0.25, 0.3) is 0 Å². The van der Waals surface area contributed by atoms with E-state index in [0.717, 1.165) is 37.8 Å². The minimum Gasteiger partial charge on any atom is -0.349 e. The zero-order chi connectivity index (χ0) is 16.3. The van der Waals surface area contributed by atoms with Gasteiger partial charge in [-0.2, -0.15) is 0 Å². The molecule has 0 radical (unpaired) electrons. The number of halogens is 1. The molecule has 0 aliphatic carbocycles. The summed E-state index contributed by atoms with van der Waals surface area (Å²) in [6.07, 6.45) is 2.53. The Labute approximate surface area is 129 Å². The van der Waals surface area contributed by atoms with Gasteiger partial charge in [0.25, 0.3) is 5.91 Å². The number of carbonyl (C=O) groups excluding carboxylic acids is 1. The summed E-state index contributed by atoms with van der Waals surface area (Å²) in [6.45, 7) is 2.82. The van der Waals surface area contributed by atoms with E-state index in [0.29, 0.717) is 6.04 Å². The van der Waals surface area contributed by atoms with E-state index in [1.54, 1.807) is 0 Å². The predicted molar refractivity (Wildman–Crippen MR) is 82.8 cm³/mol. The van der Waals surface area contributed by atoms with E-state index in [-0.39, 0.29) is 17.3 Å². The van der Waals surface area contributed by atoms with Crippen molar-refractivity contribution in [3.63, 3.8) is 0 Å². The van der Waals surface area contributed by atoms with Crippen LogP contribution in [0.1, 0.15) is 30.1 Å². The van der Waals surface area contributed by atoms with Crippen molar-refractivity contribution in [1.29, 1.82) is 0 Å². The first-order valence-electron chi connectivity index (χ1n) is 7.06. The molecule has 0 bridgehead atoms. The molecule has 6 nitrogen and oxygen atoms in total. The second-order valence-corrected chi connectivity index (χ2v) is 7.36. The quantitative estimate of drug-likeness (QED) is 0.771. The van der Waals surface area contributed by atoms with Crippen LogP contribution in [-0.2, 0) is 10.0 Å². The smallest absolute Gasteiger partial charge is 0.253 e. The minimum absolute atomic E-state index is 0.0156. The number of hydrogen-bond donors (Lipinski definition) is 3. The van der Waals surface area contributed by atoms with E-state index < -0.39 is 21.7 Å². The highest BCUT2D eigenvalue weighted by molar-refractivity contribution is 7.92. The van der Waals surface area contributed by atoms with Crippen LogP contribution in [0.2, 0.25) is 0 Å². The van der Waals surface area contributed by atoms with Crippen LogP contribution in [0.15, 0.2) is 18.2 Å². The lowest BCUT2D eigenvalue weighted by atomic mass is 10.00. The normalized spacial score (nSPS) is 22.1. The van der Waals surface area contributed by atoms with E-state index in [9.17, 15) is 17.6 Å². The second kappa shape index (κ2) is 6.62.